The molecular formula is C17H32N2. The first kappa shape index (κ1) is 16.4. The molecule has 1 atom stereocenters. The third-order valence-corrected chi connectivity index (χ3v) is 3.61. The lowest BCUT2D eigenvalue weighted by Crippen LogP contribution is -2.15. The third kappa shape index (κ3) is 8.18. The Morgan fingerprint density at radius 2 is 1.79 bits per heavy atom. The maximum Gasteiger partial charge on any atom is 0.0520 e. The van der Waals surface area contributed by atoms with Crippen LogP contribution in [0.25, 0.3) is 0 Å². The van der Waals surface area contributed by atoms with E-state index in [4.69, 9.17) is 4.99 Å². The fourth-order valence-electron chi connectivity index (χ4n) is 2.41. The summed E-state index contributed by atoms with van der Waals surface area (Å²) in [6.45, 7) is 8.70. The van der Waals surface area contributed by atoms with Crippen LogP contribution in [0.3, 0.4) is 0 Å². The normalized spacial score (nSPS) is 20.4. The van der Waals surface area contributed by atoms with Gasteiger partial charge in [-0.05, 0) is 40.0 Å². The van der Waals surface area contributed by atoms with Crippen molar-refractivity contribution in [1.29, 1.82) is 0 Å². The number of hydrogen-bond donors (Lipinski definition) is 0. The van der Waals surface area contributed by atoms with Crippen molar-refractivity contribution in [1.82, 2.24) is 0 Å². The van der Waals surface area contributed by atoms with E-state index in [0.717, 1.165) is 0 Å². The van der Waals surface area contributed by atoms with E-state index in [-0.39, 0.29) is 5.54 Å². The summed E-state index contributed by atoms with van der Waals surface area (Å²) in [6, 6.07) is 0.584. The Hall–Kier alpha value is -0.660. The predicted octanol–water partition coefficient (Wildman–Crippen LogP) is 5.07. The second-order valence-corrected chi connectivity index (χ2v) is 6.85. The summed E-state index contributed by atoms with van der Waals surface area (Å²) in [5.74, 6) is 0.432. The Morgan fingerprint density at radius 1 is 1.11 bits per heavy atom. The highest BCUT2D eigenvalue weighted by Gasteiger charge is 2.12. The zero-order valence-corrected chi connectivity index (χ0v) is 13.4. The van der Waals surface area contributed by atoms with Crippen molar-refractivity contribution in [2.75, 3.05) is 0 Å². The topological polar surface area (TPSA) is 24.7 Å². The van der Waals surface area contributed by atoms with Crippen LogP contribution in [0.4, 0.5) is 0 Å². The van der Waals surface area contributed by atoms with Crippen LogP contribution in [0.5, 0.6) is 0 Å². The van der Waals surface area contributed by atoms with Gasteiger partial charge in [0.2, 0.25) is 0 Å². The van der Waals surface area contributed by atoms with Gasteiger partial charge in [0.25, 0.3) is 0 Å². The molecule has 0 amide bonds. The molecule has 0 aliphatic heterocycles. The van der Waals surface area contributed by atoms with Crippen molar-refractivity contribution in [3.05, 3.63) is 0 Å². The lowest BCUT2D eigenvalue weighted by atomic mass is 9.96. The first-order valence-electron chi connectivity index (χ1n) is 8.10. The lowest BCUT2D eigenvalue weighted by molar-refractivity contribution is 0.443. The van der Waals surface area contributed by atoms with Gasteiger partial charge in [0.05, 0.1) is 5.54 Å². The van der Waals surface area contributed by atoms with E-state index in [0.29, 0.717) is 12.0 Å². The van der Waals surface area contributed by atoms with Gasteiger partial charge >= 0.3 is 0 Å². The summed E-state index contributed by atoms with van der Waals surface area (Å²) in [5.41, 5.74) is 0.0309. The van der Waals surface area contributed by atoms with Gasteiger partial charge in [-0.25, -0.2) is 0 Å². The molecule has 0 aromatic heterocycles. The number of nitrogens with zero attached hydrogens (tertiary/aromatic N) is 2. The van der Waals surface area contributed by atoms with Crippen LogP contribution in [0.2, 0.25) is 0 Å². The fourth-order valence-corrected chi connectivity index (χ4v) is 2.41. The van der Waals surface area contributed by atoms with Crippen LogP contribution in [-0.4, -0.2) is 24.0 Å². The number of hydrogen-bond acceptors (Lipinski definition) is 2. The molecule has 0 aromatic carbocycles. The number of rotatable bonds is 6. The summed E-state index contributed by atoms with van der Waals surface area (Å²) < 4.78 is 0. The van der Waals surface area contributed by atoms with Crippen molar-refractivity contribution >= 4 is 12.4 Å². The maximum atomic E-state index is 4.82. The second-order valence-electron chi connectivity index (χ2n) is 6.85. The van der Waals surface area contributed by atoms with Crippen LogP contribution in [0.15, 0.2) is 9.98 Å². The van der Waals surface area contributed by atoms with Crippen molar-refractivity contribution in [3.63, 3.8) is 0 Å². The van der Waals surface area contributed by atoms with Crippen LogP contribution < -0.4 is 0 Å². The van der Waals surface area contributed by atoms with Gasteiger partial charge in [-0.2, -0.15) is 0 Å². The molecule has 1 rings (SSSR count). The van der Waals surface area contributed by atoms with E-state index in [1.165, 1.54) is 51.4 Å². The molecule has 1 unspecified atom stereocenters. The van der Waals surface area contributed by atoms with Crippen LogP contribution in [0.1, 0.15) is 79.1 Å². The molecule has 0 heterocycles. The third-order valence-electron chi connectivity index (χ3n) is 3.61. The van der Waals surface area contributed by atoms with Crippen LogP contribution >= 0.6 is 0 Å². The van der Waals surface area contributed by atoms with E-state index >= 15 is 0 Å². The molecule has 0 N–H and O–H groups in total. The molecule has 1 saturated carbocycles. The van der Waals surface area contributed by atoms with Crippen molar-refractivity contribution in [3.8, 4) is 0 Å². The molecule has 0 bridgehead atoms. The molecular weight excluding hydrogens is 232 g/mol. The average Bonchev–Trinajstić information content (AvgIpc) is 2.38. The molecule has 2 heteroatoms. The van der Waals surface area contributed by atoms with Gasteiger partial charge in [0, 0.05) is 24.4 Å². The quantitative estimate of drug-likeness (QED) is 0.599. The molecule has 0 spiro atoms. The zero-order chi connectivity index (χ0) is 14.1. The summed E-state index contributed by atoms with van der Waals surface area (Å²) in [5, 5.41) is 0. The molecule has 19 heavy (non-hydrogen) atoms. The molecule has 2 nitrogen and oxygen atoms in total. The summed E-state index contributed by atoms with van der Waals surface area (Å²) >= 11 is 0. The Balaban J connectivity index is 2.52. The number of unbranched alkanes of at least 4 members (excludes halogenated alkanes) is 1. The molecule has 0 radical (unpaired) electrons. The highest BCUT2D eigenvalue weighted by atomic mass is 14.8. The van der Waals surface area contributed by atoms with Crippen molar-refractivity contribution < 1.29 is 0 Å². The van der Waals surface area contributed by atoms with E-state index in [1.807, 2.05) is 0 Å². The minimum absolute atomic E-state index is 0.0309. The first-order valence-corrected chi connectivity index (χ1v) is 8.10. The molecule has 1 aliphatic carbocycles. The Kier molecular flexibility index (Phi) is 7.33. The lowest BCUT2D eigenvalue weighted by Gasteiger charge is -2.18. The molecule has 1 aliphatic rings. The van der Waals surface area contributed by atoms with Gasteiger partial charge in [-0.3, -0.25) is 9.98 Å². The van der Waals surface area contributed by atoms with Gasteiger partial charge < -0.3 is 0 Å². The smallest absolute Gasteiger partial charge is 0.0520 e. The molecule has 0 saturated heterocycles. The minimum atomic E-state index is 0.0309. The van der Waals surface area contributed by atoms with Crippen molar-refractivity contribution in [2.24, 2.45) is 15.9 Å². The van der Waals surface area contributed by atoms with Crippen LogP contribution in [0, 0.1) is 5.92 Å². The van der Waals surface area contributed by atoms with E-state index in [2.05, 4.69) is 45.1 Å². The molecule has 110 valence electrons. The summed E-state index contributed by atoms with van der Waals surface area (Å²) in [6.07, 6.45) is 14.7. The van der Waals surface area contributed by atoms with Gasteiger partial charge in [-0.15, -0.1) is 0 Å². The predicted molar refractivity (Wildman–Crippen MR) is 86.6 cm³/mol. The van der Waals surface area contributed by atoms with Gasteiger partial charge in [0.15, 0.2) is 0 Å². The monoisotopic (exact) mass is 264 g/mol. The summed E-state index contributed by atoms with van der Waals surface area (Å²) in [7, 11) is 0. The van der Waals surface area contributed by atoms with Crippen molar-refractivity contribution in [2.45, 2.75) is 90.6 Å². The van der Waals surface area contributed by atoms with Crippen LogP contribution in [-0.2, 0) is 0 Å². The zero-order valence-electron chi connectivity index (χ0n) is 13.4. The minimum Gasteiger partial charge on any atom is -0.294 e. The van der Waals surface area contributed by atoms with E-state index < -0.39 is 0 Å². The highest BCUT2D eigenvalue weighted by molar-refractivity contribution is 5.83. The Labute approximate surface area is 119 Å². The van der Waals surface area contributed by atoms with E-state index in [1.54, 1.807) is 0 Å². The Bertz CT molecular complexity index is 280. The second kappa shape index (κ2) is 8.50. The molecule has 0 aromatic rings. The largest absolute Gasteiger partial charge is 0.294 e. The van der Waals surface area contributed by atoms with Gasteiger partial charge in [0.1, 0.15) is 0 Å². The van der Waals surface area contributed by atoms with Gasteiger partial charge in [-0.1, -0.05) is 39.0 Å². The fraction of sp³-hybridized carbons (Fsp3) is 0.882. The highest BCUT2D eigenvalue weighted by Crippen LogP contribution is 2.20. The van der Waals surface area contributed by atoms with E-state index in [9.17, 15) is 0 Å². The maximum absolute atomic E-state index is 4.82. The SMILES string of the molecule is CCCCC(C=NC1CCCCC1)C=NC(C)(C)C. The first-order chi connectivity index (χ1) is 9.01. The standard InChI is InChI=1S/C17H32N2/c1-5-6-10-15(14-19-17(2,3)4)13-18-16-11-8-7-9-12-16/h13-16H,5-12H2,1-4H3. The number of aliphatic imine (C=N–C) groups is 2. The molecule has 1 fully saturated rings. The Morgan fingerprint density at radius 3 is 2.37 bits per heavy atom. The average molecular weight is 264 g/mol. The summed E-state index contributed by atoms with van der Waals surface area (Å²) in [4.78, 5) is 9.48.